The van der Waals surface area contributed by atoms with Crippen molar-refractivity contribution in [3.63, 3.8) is 0 Å². The van der Waals surface area contributed by atoms with E-state index < -0.39 is 0 Å². The van der Waals surface area contributed by atoms with Crippen molar-refractivity contribution in [1.29, 1.82) is 0 Å². The van der Waals surface area contributed by atoms with E-state index in [0.29, 0.717) is 5.41 Å². The Bertz CT molecular complexity index is 1700. The molecule has 2 nitrogen and oxygen atoms in total. The highest BCUT2D eigenvalue weighted by molar-refractivity contribution is 9.10. The molecular formula is C42H49BrCl2N2. The van der Waals surface area contributed by atoms with Crippen LogP contribution < -0.4 is 10.2 Å². The Labute approximate surface area is 301 Å². The highest BCUT2D eigenvalue weighted by atomic mass is 79.9. The summed E-state index contributed by atoms with van der Waals surface area (Å²) in [5.74, 6) is 0. The normalized spacial score (nSPS) is 28.3. The molecule has 248 valence electrons. The highest BCUT2D eigenvalue weighted by Crippen LogP contribution is 2.61. The maximum absolute atomic E-state index is 6.38. The third-order valence-corrected chi connectivity index (χ3v) is 13.0. The minimum atomic E-state index is 0.117. The van der Waals surface area contributed by atoms with E-state index >= 15 is 0 Å². The number of nitrogens with zero attached hydrogens (tertiary/aromatic N) is 1. The van der Waals surface area contributed by atoms with E-state index in [9.17, 15) is 0 Å². The topological polar surface area (TPSA) is 15.3 Å². The third-order valence-electron chi connectivity index (χ3n) is 12.1. The van der Waals surface area contributed by atoms with Crippen molar-refractivity contribution >= 4 is 56.2 Å². The van der Waals surface area contributed by atoms with Gasteiger partial charge in [-0.3, -0.25) is 0 Å². The fourth-order valence-corrected chi connectivity index (χ4v) is 10.5. The summed E-state index contributed by atoms with van der Waals surface area (Å²) < 4.78 is 1.03. The lowest BCUT2D eigenvalue weighted by atomic mass is 9.61. The van der Waals surface area contributed by atoms with E-state index in [1.807, 2.05) is 31.2 Å². The molecule has 4 aliphatic rings. The standard InChI is InChI=1S/C21H24ClN.C14H19N.C7H6BrCl/c1-15-12-16(22)14-17(13-15)23-19-9-5-4-8-18(19)20(2)10-6-7-11-21(20,23)3;1-13-9-5-6-10-14(13,2)15-12-8-4-3-7-11(12)13;1-5-2-6(8)4-7(9)3-5/h4-5,8-9,12-14H,6-7,10-11H2,1-3H3;3-4,7-8,15H,5-6,9-10H2,1-2H3;2-4H,1H3. The Kier molecular flexibility index (Phi) is 9.59. The zero-order chi connectivity index (χ0) is 33.6. The van der Waals surface area contributed by atoms with Crippen molar-refractivity contribution in [2.75, 3.05) is 10.2 Å². The van der Waals surface area contributed by atoms with Gasteiger partial charge in [-0.05, 0) is 124 Å². The number of fused-ring (bicyclic) bond motifs is 6. The van der Waals surface area contributed by atoms with Crippen molar-refractivity contribution < 1.29 is 0 Å². The van der Waals surface area contributed by atoms with Crippen LogP contribution >= 0.6 is 39.1 Å². The summed E-state index contributed by atoms with van der Waals surface area (Å²) in [4.78, 5) is 2.57. The summed E-state index contributed by atoms with van der Waals surface area (Å²) in [5.41, 5.74) is 10.3. The molecule has 2 heterocycles. The maximum atomic E-state index is 6.38. The Hall–Kier alpha value is -2.46. The summed E-state index contributed by atoms with van der Waals surface area (Å²) >= 11 is 15.4. The summed E-state index contributed by atoms with van der Waals surface area (Å²) in [6.45, 7) is 13.9. The molecule has 2 aliphatic carbocycles. The van der Waals surface area contributed by atoms with Crippen molar-refractivity contribution in [3.8, 4) is 0 Å². The van der Waals surface area contributed by atoms with Gasteiger partial charge in [-0.15, -0.1) is 0 Å². The number of rotatable bonds is 1. The fourth-order valence-electron chi connectivity index (χ4n) is 9.15. The molecule has 47 heavy (non-hydrogen) atoms. The van der Waals surface area contributed by atoms with E-state index in [-0.39, 0.29) is 16.5 Å². The predicted molar refractivity (Wildman–Crippen MR) is 207 cm³/mol. The first-order chi connectivity index (χ1) is 22.3. The van der Waals surface area contributed by atoms with E-state index in [1.54, 1.807) is 0 Å². The van der Waals surface area contributed by atoms with Gasteiger partial charge in [0.15, 0.2) is 0 Å². The zero-order valence-corrected chi connectivity index (χ0v) is 31.9. The Balaban J connectivity index is 0.000000138. The lowest BCUT2D eigenvalue weighted by Gasteiger charge is -2.50. The van der Waals surface area contributed by atoms with E-state index in [0.717, 1.165) is 14.5 Å². The minimum Gasteiger partial charge on any atom is -0.379 e. The molecule has 2 aliphatic heterocycles. The molecule has 0 saturated heterocycles. The first-order valence-electron chi connectivity index (χ1n) is 17.3. The van der Waals surface area contributed by atoms with E-state index in [1.165, 1.54) is 90.7 Å². The maximum Gasteiger partial charge on any atom is 0.0517 e. The molecule has 0 amide bonds. The second-order valence-electron chi connectivity index (χ2n) is 15.1. The van der Waals surface area contributed by atoms with Crippen molar-refractivity contribution in [2.45, 2.75) is 115 Å². The van der Waals surface area contributed by atoms with Gasteiger partial charge in [0.1, 0.15) is 0 Å². The van der Waals surface area contributed by atoms with Crippen LogP contribution in [0, 0.1) is 13.8 Å². The lowest BCUT2D eigenvalue weighted by molar-refractivity contribution is 0.195. The minimum absolute atomic E-state index is 0.117. The van der Waals surface area contributed by atoms with Crippen LogP contribution in [0.5, 0.6) is 0 Å². The van der Waals surface area contributed by atoms with Gasteiger partial charge in [0, 0.05) is 47.9 Å². The molecule has 4 aromatic rings. The summed E-state index contributed by atoms with van der Waals surface area (Å²) in [6, 6.07) is 30.0. The van der Waals surface area contributed by atoms with Crippen LogP contribution in [-0.4, -0.2) is 11.1 Å². The quantitative estimate of drug-likeness (QED) is 0.210. The molecule has 4 aromatic carbocycles. The molecule has 0 spiro atoms. The van der Waals surface area contributed by atoms with Crippen LogP contribution in [0.1, 0.15) is 101 Å². The van der Waals surface area contributed by atoms with Gasteiger partial charge in [0.25, 0.3) is 0 Å². The molecule has 0 aromatic heterocycles. The smallest absolute Gasteiger partial charge is 0.0517 e. The van der Waals surface area contributed by atoms with Crippen LogP contribution in [-0.2, 0) is 10.8 Å². The summed E-state index contributed by atoms with van der Waals surface area (Å²) in [5, 5.41) is 5.36. The van der Waals surface area contributed by atoms with Gasteiger partial charge in [-0.25, -0.2) is 0 Å². The zero-order valence-electron chi connectivity index (χ0n) is 28.8. The van der Waals surface area contributed by atoms with Gasteiger partial charge >= 0.3 is 0 Å². The number of hydrogen-bond acceptors (Lipinski definition) is 2. The largest absolute Gasteiger partial charge is 0.379 e. The number of hydrogen-bond donors (Lipinski definition) is 1. The summed E-state index contributed by atoms with van der Waals surface area (Å²) in [6.07, 6.45) is 10.5. The molecule has 4 unspecified atom stereocenters. The van der Waals surface area contributed by atoms with Crippen molar-refractivity contribution in [1.82, 2.24) is 0 Å². The summed E-state index contributed by atoms with van der Waals surface area (Å²) in [7, 11) is 0. The van der Waals surface area contributed by atoms with Gasteiger partial charge < -0.3 is 10.2 Å². The van der Waals surface area contributed by atoms with Crippen molar-refractivity contribution in [3.05, 3.63) is 122 Å². The van der Waals surface area contributed by atoms with Crippen LogP contribution in [0.2, 0.25) is 10.0 Å². The van der Waals surface area contributed by atoms with Gasteiger partial charge in [0.05, 0.1) is 5.54 Å². The predicted octanol–water partition coefficient (Wildman–Crippen LogP) is 13.5. The average Bonchev–Trinajstić information content (AvgIpc) is 3.38. The number of aryl methyl sites for hydroxylation is 2. The Morgan fingerprint density at radius 3 is 1.89 bits per heavy atom. The molecule has 1 N–H and O–H groups in total. The van der Waals surface area contributed by atoms with Crippen LogP contribution in [0.25, 0.3) is 0 Å². The first kappa shape index (κ1) is 34.4. The van der Waals surface area contributed by atoms with Gasteiger partial charge in [-0.1, -0.05) is 115 Å². The number of anilines is 3. The molecule has 4 atom stereocenters. The highest BCUT2D eigenvalue weighted by Gasteiger charge is 2.57. The molecule has 5 heteroatoms. The van der Waals surface area contributed by atoms with Crippen molar-refractivity contribution in [2.24, 2.45) is 0 Å². The molecule has 2 fully saturated rings. The Morgan fingerprint density at radius 2 is 1.21 bits per heavy atom. The monoisotopic (exact) mass is 730 g/mol. The van der Waals surface area contributed by atoms with E-state index in [4.69, 9.17) is 23.2 Å². The lowest BCUT2D eigenvalue weighted by Crippen LogP contribution is -2.54. The van der Waals surface area contributed by atoms with E-state index in [2.05, 4.69) is 121 Å². The van der Waals surface area contributed by atoms with Crippen LogP contribution in [0.3, 0.4) is 0 Å². The number of halogens is 3. The average molecular weight is 733 g/mol. The third kappa shape index (κ3) is 6.15. The van der Waals surface area contributed by atoms with Crippen LogP contribution in [0.4, 0.5) is 17.1 Å². The van der Waals surface area contributed by atoms with Gasteiger partial charge in [0.2, 0.25) is 0 Å². The first-order valence-corrected chi connectivity index (χ1v) is 18.8. The molecule has 0 bridgehead atoms. The van der Waals surface area contributed by atoms with Crippen LogP contribution in [0.15, 0.2) is 89.4 Å². The number of para-hydroxylation sites is 2. The Morgan fingerprint density at radius 1 is 0.638 bits per heavy atom. The number of benzene rings is 4. The van der Waals surface area contributed by atoms with Gasteiger partial charge in [-0.2, -0.15) is 0 Å². The second kappa shape index (κ2) is 13.1. The molecule has 2 saturated carbocycles. The molecule has 8 rings (SSSR count). The molecular weight excluding hydrogens is 683 g/mol. The second-order valence-corrected chi connectivity index (χ2v) is 16.9. The molecule has 0 radical (unpaired) electrons. The number of nitrogens with one attached hydrogen (secondary N) is 1. The fraction of sp³-hybridized carbons (Fsp3) is 0.429. The SMILES string of the molecule is CC12CCCCC1(C)c1ccccc1N2.Cc1cc(Cl)cc(Br)c1.Cc1cc(Cl)cc(N2c3ccccc3C3(C)CCCCC23C)c1.